The quantitative estimate of drug-likeness (QED) is 0.807. The van der Waals surface area contributed by atoms with Crippen LogP contribution in [0.5, 0.6) is 0 Å². The molecule has 0 saturated heterocycles. The number of ether oxygens (including phenoxy) is 1. The van der Waals surface area contributed by atoms with E-state index < -0.39 is 6.04 Å². The molecule has 0 radical (unpaired) electrons. The normalized spacial score (nSPS) is 21.6. The molecule has 0 aliphatic carbocycles. The van der Waals surface area contributed by atoms with Crippen LogP contribution in [0, 0.1) is 0 Å². The summed E-state index contributed by atoms with van der Waals surface area (Å²) < 4.78 is 5.10. The number of hydrazine groups is 1. The van der Waals surface area contributed by atoms with Gasteiger partial charge >= 0.3 is 5.97 Å². The monoisotopic (exact) mass is 327 g/mol. The Morgan fingerprint density at radius 2 is 2.09 bits per heavy atom. The van der Waals surface area contributed by atoms with Gasteiger partial charge in [0.05, 0.1) is 18.8 Å². The largest absolute Gasteiger partial charge is 0.465 e. The predicted octanol–water partition coefficient (Wildman–Crippen LogP) is 2.62. The third-order valence-electron chi connectivity index (χ3n) is 3.57. The highest BCUT2D eigenvalue weighted by atomic mass is 35.5. The summed E-state index contributed by atoms with van der Waals surface area (Å²) in [6.07, 6.45) is 3.85. The molecule has 6 heteroatoms. The molecule has 0 amide bonds. The van der Waals surface area contributed by atoms with Gasteiger partial charge < -0.3 is 15.1 Å². The van der Waals surface area contributed by atoms with E-state index in [1.807, 2.05) is 57.0 Å². The zero-order chi connectivity index (χ0) is 16.9. The molecule has 1 atom stereocenters. The van der Waals surface area contributed by atoms with Crippen molar-refractivity contribution in [2.75, 3.05) is 27.2 Å². The van der Waals surface area contributed by atoms with Crippen molar-refractivity contribution in [1.82, 2.24) is 15.3 Å². The lowest BCUT2D eigenvalue weighted by atomic mass is 10.1. The van der Waals surface area contributed by atoms with Crippen LogP contribution < -0.4 is 5.32 Å². The molecule has 2 aliphatic heterocycles. The van der Waals surface area contributed by atoms with Crippen LogP contribution in [-0.2, 0) is 9.53 Å². The van der Waals surface area contributed by atoms with E-state index in [1.165, 1.54) is 0 Å². The van der Waals surface area contributed by atoms with Crippen LogP contribution in [0.25, 0.3) is 0 Å². The van der Waals surface area contributed by atoms with E-state index in [1.54, 1.807) is 6.92 Å². The number of rotatable bonds is 3. The van der Waals surface area contributed by atoms with Gasteiger partial charge in [0.25, 0.3) is 0 Å². The van der Waals surface area contributed by atoms with Crippen LogP contribution in [0.2, 0.25) is 0 Å². The summed E-state index contributed by atoms with van der Waals surface area (Å²) in [5, 5.41) is 7.78. The van der Waals surface area contributed by atoms with Crippen molar-refractivity contribution >= 4 is 17.6 Å². The van der Waals surface area contributed by atoms with Gasteiger partial charge in [0.2, 0.25) is 0 Å². The van der Waals surface area contributed by atoms with Crippen molar-refractivity contribution in [3.05, 3.63) is 34.2 Å². The minimum absolute atomic E-state index is 0.242. The van der Waals surface area contributed by atoms with Gasteiger partial charge in [0.15, 0.2) is 0 Å². The zero-order valence-electron chi connectivity index (χ0n) is 14.2. The molecular weight excluding hydrogens is 302 g/mol. The van der Waals surface area contributed by atoms with E-state index in [2.05, 4.69) is 5.32 Å². The van der Waals surface area contributed by atoms with E-state index in [-0.39, 0.29) is 5.97 Å². The van der Waals surface area contributed by atoms with Crippen LogP contribution in [0.4, 0.5) is 0 Å². The van der Waals surface area contributed by atoms with E-state index in [0.717, 1.165) is 22.0 Å². The molecule has 0 aromatic heterocycles. The Hall–Kier alpha value is -1.46. The number of dihydropyridines is 1. The second-order valence-corrected chi connectivity index (χ2v) is 5.31. The number of allylic oxidation sites excluding steroid dienone is 2. The first kappa shape index (κ1) is 18.6. The molecule has 2 rings (SSSR count). The van der Waals surface area contributed by atoms with Gasteiger partial charge in [-0.15, -0.1) is 0 Å². The Balaban J connectivity index is 0.00000116. The lowest BCUT2D eigenvalue weighted by molar-refractivity contribution is -0.150. The second kappa shape index (κ2) is 8.25. The van der Waals surface area contributed by atoms with E-state index >= 15 is 0 Å². The van der Waals surface area contributed by atoms with Gasteiger partial charge in [0, 0.05) is 30.4 Å². The highest BCUT2D eigenvalue weighted by molar-refractivity contribution is 6.30. The smallest absolute Gasteiger partial charge is 0.329 e. The standard InChI is InChI=1S/C14H20ClN3O2.C2H6/c1-5-20-14(19)13-7-12(17(3)18(13)4)11-6-10(15)8-16-9(11)2;1-2/h6-7,13,16H,5,8H2,1-4H3;1-2H3. The van der Waals surface area contributed by atoms with Crippen LogP contribution in [0.1, 0.15) is 27.7 Å². The summed E-state index contributed by atoms with van der Waals surface area (Å²) in [4.78, 5) is 12.0. The number of hydrogen-bond acceptors (Lipinski definition) is 5. The summed E-state index contributed by atoms with van der Waals surface area (Å²) in [6, 6.07) is -0.399. The van der Waals surface area contributed by atoms with Gasteiger partial charge in [-0.25, -0.2) is 9.80 Å². The van der Waals surface area contributed by atoms with Crippen molar-refractivity contribution in [2.45, 2.75) is 33.7 Å². The third-order valence-corrected chi connectivity index (χ3v) is 3.81. The van der Waals surface area contributed by atoms with E-state index in [0.29, 0.717) is 13.2 Å². The van der Waals surface area contributed by atoms with E-state index in [9.17, 15) is 4.79 Å². The van der Waals surface area contributed by atoms with Gasteiger partial charge in [-0.05, 0) is 26.0 Å². The van der Waals surface area contributed by atoms with Gasteiger partial charge in [-0.3, -0.25) is 0 Å². The molecule has 0 fully saturated rings. The maximum Gasteiger partial charge on any atom is 0.329 e. The molecule has 124 valence electrons. The highest BCUT2D eigenvalue weighted by Gasteiger charge is 2.34. The highest BCUT2D eigenvalue weighted by Crippen LogP contribution is 2.30. The number of esters is 1. The molecule has 0 aromatic carbocycles. The van der Waals surface area contributed by atoms with Crippen LogP contribution in [0.3, 0.4) is 0 Å². The number of hydrogen-bond donors (Lipinski definition) is 1. The lowest BCUT2D eigenvalue weighted by Gasteiger charge is -2.29. The molecule has 2 aliphatic rings. The fourth-order valence-electron chi connectivity index (χ4n) is 2.33. The summed E-state index contributed by atoms with van der Waals surface area (Å²) in [5.74, 6) is -0.242. The predicted molar refractivity (Wildman–Crippen MR) is 90.0 cm³/mol. The molecular formula is C16H26ClN3O2. The van der Waals surface area contributed by atoms with Crippen LogP contribution in [-0.4, -0.2) is 49.3 Å². The van der Waals surface area contributed by atoms with E-state index in [4.69, 9.17) is 16.3 Å². The number of carbonyl (C=O) groups is 1. The Bertz CT molecular complexity index is 512. The molecule has 1 N–H and O–H groups in total. The Labute approximate surface area is 138 Å². The molecule has 0 bridgehead atoms. The Morgan fingerprint density at radius 3 is 2.68 bits per heavy atom. The fourth-order valence-corrected chi connectivity index (χ4v) is 2.50. The molecule has 0 saturated carbocycles. The molecule has 5 nitrogen and oxygen atoms in total. The summed E-state index contributed by atoms with van der Waals surface area (Å²) >= 11 is 6.10. The van der Waals surface area contributed by atoms with Crippen molar-refractivity contribution < 1.29 is 9.53 Å². The maximum absolute atomic E-state index is 12.0. The first-order valence-corrected chi connectivity index (χ1v) is 7.99. The molecule has 22 heavy (non-hydrogen) atoms. The molecule has 2 heterocycles. The molecule has 0 spiro atoms. The summed E-state index contributed by atoms with van der Waals surface area (Å²) in [6.45, 7) is 8.83. The van der Waals surface area contributed by atoms with Gasteiger partial charge in [-0.1, -0.05) is 25.4 Å². The van der Waals surface area contributed by atoms with Crippen molar-refractivity contribution in [2.24, 2.45) is 0 Å². The molecule has 1 unspecified atom stereocenters. The topological polar surface area (TPSA) is 44.8 Å². The van der Waals surface area contributed by atoms with Crippen molar-refractivity contribution in [1.29, 1.82) is 0 Å². The summed E-state index contributed by atoms with van der Waals surface area (Å²) in [7, 11) is 3.78. The minimum atomic E-state index is -0.399. The third kappa shape index (κ3) is 3.84. The summed E-state index contributed by atoms with van der Waals surface area (Å²) in [5.41, 5.74) is 3.00. The maximum atomic E-state index is 12.0. The number of nitrogens with one attached hydrogen (secondary N) is 1. The van der Waals surface area contributed by atoms with Gasteiger partial charge in [0.1, 0.15) is 6.04 Å². The first-order valence-electron chi connectivity index (χ1n) is 7.61. The second-order valence-electron chi connectivity index (χ2n) is 4.83. The van der Waals surface area contributed by atoms with Gasteiger partial charge in [-0.2, -0.15) is 0 Å². The Morgan fingerprint density at radius 1 is 1.45 bits per heavy atom. The minimum Gasteiger partial charge on any atom is -0.465 e. The average Bonchev–Trinajstić information content (AvgIpc) is 2.80. The average molecular weight is 328 g/mol. The van der Waals surface area contributed by atoms with Crippen LogP contribution >= 0.6 is 11.6 Å². The SMILES string of the molecule is CC.CCOC(=O)C1C=C(C2=C(C)NCC(Cl)=C2)N(C)N1C. The van der Waals surface area contributed by atoms with Crippen molar-refractivity contribution in [3.8, 4) is 0 Å². The number of nitrogens with zero attached hydrogens (tertiary/aromatic N) is 2. The fraction of sp³-hybridized carbons (Fsp3) is 0.562. The zero-order valence-corrected chi connectivity index (χ0v) is 15.0. The number of carbonyl (C=O) groups excluding carboxylic acids is 1. The first-order chi connectivity index (χ1) is 10.5. The number of likely N-dealkylation sites (N-methyl/N-ethyl adjacent to an activating group) is 2. The van der Waals surface area contributed by atoms with Crippen LogP contribution in [0.15, 0.2) is 34.2 Å². The lowest BCUT2D eigenvalue weighted by Crippen LogP contribution is -2.41. The Kier molecular flexibility index (Phi) is 6.97. The number of halogens is 1. The molecule has 0 aromatic rings. The van der Waals surface area contributed by atoms with Crippen molar-refractivity contribution in [3.63, 3.8) is 0 Å².